The van der Waals surface area contributed by atoms with E-state index >= 15 is 0 Å². The number of nitrogens with zero attached hydrogens (tertiary/aromatic N) is 2. The summed E-state index contributed by atoms with van der Waals surface area (Å²) in [7, 11) is 0. The molecule has 0 aliphatic rings. The molecule has 140 valence electrons. The maximum atomic E-state index is 13.9. The van der Waals surface area contributed by atoms with Gasteiger partial charge in [0, 0.05) is 17.8 Å². The maximum Gasteiger partial charge on any atom is 0.229 e. The molecule has 0 bridgehead atoms. The number of aryl methyl sites for hydroxylation is 1. The summed E-state index contributed by atoms with van der Waals surface area (Å²) >= 11 is 0. The Kier molecular flexibility index (Phi) is 5.49. The Hall–Kier alpha value is -3.22. The molecule has 2 aromatic carbocycles. The zero-order valence-corrected chi connectivity index (χ0v) is 15.3. The molecule has 0 aliphatic heterocycles. The molecule has 27 heavy (non-hydrogen) atoms. The number of ether oxygens (including phenoxy) is 1. The fraction of sp³-hybridized carbons (Fsp3) is 0.200. The molecule has 7 heteroatoms. The second-order valence-electron chi connectivity index (χ2n) is 6.26. The van der Waals surface area contributed by atoms with Gasteiger partial charge in [0.2, 0.25) is 5.95 Å². The number of benzene rings is 2. The van der Waals surface area contributed by atoms with Gasteiger partial charge in [0.05, 0.1) is 17.5 Å². The van der Waals surface area contributed by atoms with E-state index in [0.717, 1.165) is 11.8 Å². The van der Waals surface area contributed by atoms with Gasteiger partial charge in [-0.05, 0) is 45.0 Å². The topological polar surface area (TPSA) is 59.1 Å². The molecule has 0 fully saturated rings. The van der Waals surface area contributed by atoms with Gasteiger partial charge in [0.25, 0.3) is 0 Å². The van der Waals surface area contributed by atoms with Gasteiger partial charge in [-0.2, -0.15) is 4.98 Å². The largest absolute Gasteiger partial charge is 0.489 e. The second kappa shape index (κ2) is 7.99. The van der Waals surface area contributed by atoms with E-state index < -0.39 is 11.6 Å². The molecule has 0 aliphatic carbocycles. The summed E-state index contributed by atoms with van der Waals surface area (Å²) in [6.07, 6.45) is 0.0186. The van der Waals surface area contributed by atoms with Crippen LogP contribution in [0.15, 0.2) is 48.5 Å². The van der Waals surface area contributed by atoms with Crippen LogP contribution in [0.2, 0.25) is 0 Å². The van der Waals surface area contributed by atoms with Crippen molar-refractivity contribution in [2.45, 2.75) is 26.9 Å². The number of halogens is 2. The quantitative estimate of drug-likeness (QED) is 0.613. The Balaban J connectivity index is 1.86. The lowest BCUT2D eigenvalue weighted by Crippen LogP contribution is -2.08. The van der Waals surface area contributed by atoms with E-state index in [1.165, 1.54) is 12.1 Å². The van der Waals surface area contributed by atoms with Gasteiger partial charge in [0.15, 0.2) is 0 Å². The standard InChI is InChI=1S/C20H20F2N4O/c1-12(2)27-18-7-5-4-6-17(18)25-20-23-13(3)10-19(26-20)24-16-9-8-14(21)11-15(16)22/h4-12H,1-3H3,(H2,23,24,25,26). The van der Waals surface area contributed by atoms with Gasteiger partial charge >= 0.3 is 0 Å². The highest BCUT2D eigenvalue weighted by Gasteiger charge is 2.10. The molecule has 2 N–H and O–H groups in total. The highest BCUT2D eigenvalue weighted by molar-refractivity contribution is 5.64. The summed E-state index contributed by atoms with van der Waals surface area (Å²) in [6.45, 7) is 5.69. The van der Waals surface area contributed by atoms with E-state index in [1.807, 2.05) is 38.1 Å². The fourth-order valence-corrected chi connectivity index (χ4v) is 2.46. The number of hydrogen-bond donors (Lipinski definition) is 2. The molecule has 0 saturated carbocycles. The van der Waals surface area contributed by atoms with Crippen LogP contribution < -0.4 is 15.4 Å². The summed E-state index contributed by atoms with van der Waals surface area (Å²) in [5.74, 6) is 0.0618. The smallest absolute Gasteiger partial charge is 0.229 e. The first-order valence-corrected chi connectivity index (χ1v) is 8.51. The molecule has 1 aromatic heterocycles. The van der Waals surface area contributed by atoms with Crippen LogP contribution in [0.3, 0.4) is 0 Å². The maximum absolute atomic E-state index is 13.9. The third-order valence-corrected chi connectivity index (χ3v) is 3.54. The average molecular weight is 370 g/mol. The molecule has 0 saturated heterocycles. The minimum atomic E-state index is -0.698. The molecule has 0 atom stereocenters. The van der Waals surface area contributed by atoms with Crippen molar-refractivity contribution in [3.05, 3.63) is 65.9 Å². The molecular formula is C20H20F2N4O. The number of nitrogens with one attached hydrogen (secondary N) is 2. The molecule has 3 rings (SSSR count). The van der Waals surface area contributed by atoms with Crippen molar-refractivity contribution in [1.82, 2.24) is 9.97 Å². The van der Waals surface area contributed by atoms with Gasteiger partial charge in [-0.15, -0.1) is 0 Å². The zero-order valence-electron chi connectivity index (χ0n) is 15.3. The molecule has 5 nitrogen and oxygen atoms in total. The number of aromatic nitrogens is 2. The molecule has 0 radical (unpaired) electrons. The SMILES string of the molecule is Cc1cc(Nc2ccc(F)cc2F)nc(Nc2ccccc2OC(C)C)n1. The third kappa shape index (κ3) is 4.91. The number of para-hydroxylation sites is 2. The predicted molar refractivity (Wildman–Crippen MR) is 102 cm³/mol. The molecule has 0 amide bonds. The number of hydrogen-bond acceptors (Lipinski definition) is 5. The van der Waals surface area contributed by atoms with E-state index in [2.05, 4.69) is 20.6 Å². The Morgan fingerprint density at radius 2 is 1.70 bits per heavy atom. The highest BCUT2D eigenvalue weighted by atomic mass is 19.1. The predicted octanol–water partition coefficient (Wildman–Crippen LogP) is 5.34. The monoisotopic (exact) mass is 370 g/mol. The van der Waals surface area contributed by atoms with Crippen molar-refractivity contribution >= 4 is 23.1 Å². The number of anilines is 4. The second-order valence-corrected chi connectivity index (χ2v) is 6.26. The van der Waals surface area contributed by atoms with Crippen molar-refractivity contribution in [2.75, 3.05) is 10.6 Å². The minimum Gasteiger partial charge on any atom is -0.489 e. The molecular weight excluding hydrogens is 350 g/mol. The Bertz CT molecular complexity index is 947. The Morgan fingerprint density at radius 3 is 2.44 bits per heavy atom. The zero-order chi connectivity index (χ0) is 19.4. The number of rotatable bonds is 6. The van der Waals surface area contributed by atoms with Crippen LogP contribution in [-0.2, 0) is 0 Å². The lowest BCUT2D eigenvalue weighted by atomic mass is 10.3. The van der Waals surface area contributed by atoms with Crippen molar-refractivity contribution in [2.24, 2.45) is 0 Å². The van der Waals surface area contributed by atoms with Gasteiger partial charge < -0.3 is 15.4 Å². The van der Waals surface area contributed by atoms with Gasteiger partial charge in [-0.25, -0.2) is 13.8 Å². The highest BCUT2D eigenvalue weighted by Crippen LogP contribution is 2.28. The molecule has 1 heterocycles. The normalized spacial score (nSPS) is 10.7. The summed E-state index contributed by atoms with van der Waals surface area (Å²) in [5.41, 5.74) is 1.53. The first-order valence-electron chi connectivity index (χ1n) is 8.51. The van der Waals surface area contributed by atoms with E-state index in [1.54, 1.807) is 13.0 Å². The van der Waals surface area contributed by atoms with Crippen LogP contribution in [0.4, 0.5) is 31.9 Å². The summed E-state index contributed by atoms with van der Waals surface area (Å²) in [5, 5.41) is 5.98. The third-order valence-electron chi connectivity index (χ3n) is 3.54. The van der Waals surface area contributed by atoms with Crippen molar-refractivity contribution in [1.29, 1.82) is 0 Å². The van der Waals surface area contributed by atoms with E-state index in [4.69, 9.17) is 4.74 Å². The van der Waals surface area contributed by atoms with Crippen LogP contribution in [0.5, 0.6) is 5.75 Å². The van der Waals surface area contributed by atoms with E-state index in [-0.39, 0.29) is 11.8 Å². The van der Waals surface area contributed by atoms with Crippen LogP contribution >= 0.6 is 0 Å². The molecule has 0 spiro atoms. The van der Waals surface area contributed by atoms with Gasteiger partial charge in [0.1, 0.15) is 23.2 Å². The Labute approximate surface area is 156 Å². The minimum absolute atomic E-state index is 0.0186. The van der Waals surface area contributed by atoms with Crippen LogP contribution in [-0.4, -0.2) is 16.1 Å². The van der Waals surface area contributed by atoms with Gasteiger partial charge in [-0.1, -0.05) is 12.1 Å². The fourth-order valence-electron chi connectivity index (χ4n) is 2.46. The Morgan fingerprint density at radius 1 is 0.926 bits per heavy atom. The first kappa shape index (κ1) is 18.6. The van der Waals surface area contributed by atoms with Crippen molar-refractivity contribution < 1.29 is 13.5 Å². The van der Waals surface area contributed by atoms with Crippen LogP contribution in [0.1, 0.15) is 19.5 Å². The van der Waals surface area contributed by atoms with Crippen LogP contribution in [0, 0.1) is 18.6 Å². The van der Waals surface area contributed by atoms with Crippen molar-refractivity contribution in [3.63, 3.8) is 0 Å². The van der Waals surface area contributed by atoms with Crippen molar-refractivity contribution in [3.8, 4) is 5.75 Å². The lowest BCUT2D eigenvalue weighted by Gasteiger charge is -2.15. The van der Waals surface area contributed by atoms with Gasteiger partial charge in [-0.3, -0.25) is 0 Å². The van der Waals surface area contributed by atoms with Crippen LogP contribution in [0.25, 0.3) is 0 Å². The van der Waals surface area contributed by atoms with E-state index in [9.17, 15) is 8.78 Å². The lowest BCUT2D eigenvalue weighted by molar-refractivity contribution is 0.244. The first-order chi connectivity index (χ1) is 12.9. The molecule has 0 unspecified atom stereocenters. The van der Waals surface area contributed by atoms with E-state index in [0.29, 0.717) is 23.2 Å². The summed E-state index contributed by atoms with van der Waals surface area (Å²) < 4.78 is 32.7. The summed E-state index contributed by atoms with van der Waals surface area (Å²) in [4.78, 5) is 8.71. The average Bonchev–Trinajstić information content (AvgIpc) is 2.58. The summed E-state index contributed by atoms with van der Waals surface area (Å²) in [6, 6.07) is 12.4. The molecule has 3 aromatic rings.